The van der Waals surface area contributed by atoms with E-state index in [0.29, 0.717) is 26.2 Å². The van der Waals surface area contributed by atoms with Crippen LogP contribution in [0, 0.1) is 0 Å². The number of nitrogens with zero attached hydrogens (tertiary/aromatic N) is 3. The lowest BCUT2D eigenvalue weighted by Gasteiger charge is -2.11. The summed E-state index contributed by atoms with van der Waals surface area (Å²) in [5.74, 6) is -0.374. The van der Waals surface area contributed by atoms with Crippen LogP contribution in [0.4, 0.5) is 13.2 Å². The SMILES string of the molecule is O=C(Oc1c(Br)cc(Br)c2cccnc12)c1ccc(-n2nc(C(F)(F)F)cc2-c2cccs2)cc1. The molecule has 0 atom stereocenters. The van der Waals surface area contributed by atoms with E-state index in [4.69, 9.17) is 4.74 Å². The molecule has 0 unspecified atom stereocenters. The lowest BCUT2D eigenvalue weighted by atomic mass is 10.2. The monoisotopic (exact) mass is 621 g/mol. The van der Waals surface area contributed by atoms with Crippen LogP contribution in [0.3, 0.4) is 0 Å². The fourth-order valence-electron chi connectivity index (χ4n) is 3.45. The van der Waals surface area contributed by atoms with Gasteiger partial charge in [-0.15, -0.1) is 11.3 Å². The highest BCUT2D eigenvalue weighted by molar-refractivity contribution is 9.11. The van der Waals surface area contributed by atoms with Crippen LogP contribution in [0.2, 0.25) is 0 Å². The maximum Gasteiger partial charge on any atom is 0.435 e. The van der Waals surface area contributed by atoms with Crippen molar-refractivity contribution >= 4 is 60.1 Å². The maximum atomic E-state index is 13.3. The molecule has 35 heavy (non-hydrogen) atoms. The molecule has 0 fully saturated rings. The van der Waals surface area contributed by atoms with Gasteiger partial charge in [0.2, 0.25) is 0 Å². The first kappa shape index (κ1) is 23.7. The number of thiophene rings is 1. The number of carbonyl (C=O) groups excluding carboxylic acids is 1. The van der Waals surface area contributed by atoms with Crippen LogP contribution in [0.15, 0.2) is 81.2 Å². The maximum absolute atomic E-state index is 13.3. The molecule has 0 saturated carbocycles. The second kappa shape index (κ2) is 9.21. The molecule has 0 aliphatic carbocycles. The number of carbonyl (C=O) groups is 1. The number of aromatic nitrogens is 3. The van der Waals surface area contributed by atoms with Gasteiger partial charge in [-0.3, -0.25) is 4.98 Å². The Morgan fingerprint density at radius 1 is 1.00 bits per heavy atom. The quantitative estimate of drug-likeness (QED) is 0.151. The molecule has 3 heterocycles. The van der Waals surface area contributed by atoms with E-state index in [0.717, 1.165) is 15.9 Å². The Balaban J connectivity index is 1.47. The molecule has 11 heteroatoms. The van der Waals surface area contributed by atoms with Gasteiger partial charge >= 0.3 is 12.1 Å². The van der Waals surface area contributed by atoms with E-state index < -0.39 is 17.8 Å². The third-order valence-corrected chi connectivity index (χ3v) is 7.20. The average molecular weight is 623 g/mol. The molecule has 3 aromatic heterocycles. The lowest BCUT2D eigenvalue weighted by molar-refractivity contribution is -0.141. The van der Waals surface area contributed by atoms with Crippen molar-refractivity contribution in [1.29, 1.82) is 0 Å². The summed E-state index contributed by atoms with van der Waals surface area (Å²) in [7, 11) is 0. The average Bonchev–Trinajstić information content (AvgIpc) is 3.52. The van der Waals surface area contributed by atoms with Crippen molar-refractivity contribution in [3.05, 3.63) is 92.4 Å². The molecule has 0 aliphatic heterocycles. The second-order valence-electron chi connectivity index (χ2n) is 7.31. The van der Waals surface area contributed by atoms with Gasteiger partial charge in [-0.25, -0.2) is 9.48 Å². The van der Waals surface area contributed by atoms with E-state index >= 15 is 0 Å². The number of benzene rings is 2. The Kier molecular flexibility index (Phi) is 6.24. The highest BCUT2D eigenvalue weighted by Gasteiger charge is 2.35. The van der Waals surface area contributed by atoms with Crippen LogP contribution in [0.5, 0.6) is 5.75 Å². The molecule has 0 spiro atoms. The van der Waals surface area contributed by atoms with Gasteiger partial charge in [-0.2, -0.15) is 18.3 Å². The van der Waals surface area contributed by atoms with Crippen LogP contribution in [0.1, 0.15) is 16.1 Å². The normalized spacial score (nSPS) is 11.7. The highest BCUT2D eigenvalue weighted by Crippen LogP contribution is 2.38. The second-order valence-corrected chi connectivity index (χ2v) is 9.96. The number of rotatable bonds is 4. The molecular formula is C24H12Br2F3N3O2S. The predicted molar refractivity (Wildman–Crippen MR) is 134 cm³/mol. The first-order valence-corrected chi connectivity index (χ1v) is 12.5. The number of hydrogen-bond donors (Lipinski definition) is 0. The van der Waals surface area contributed by atoms with Crippen LogP contribution in [-0.2, 0) is 6.18 Å². The molecule has 0 aliphatic rings. The van der Waals surface area contributed by atoms with Crippen molar-refractivity contribution in [1.82, 2.24) is 14.8 Å². The summed E-state index contributed by atoms with van der Waals surface area (Å²) in [5, 5.41) is 6.32. The van der Waals surface area contributed by atoms with Crippen molar-refractivity contribution in [2.75, 3.05) is 0 Å². The van der Waals surface area contributed by atoms with E-state index in [2.05, 4.69) is 41.9 Å². The van der Waals surface area contributed by atoms with Crippen LogP contribution in [0.25, 0.3) is 27.2 Å². The van der Waals surface area contributed by atoms with Crippen molar-refractivity contribution in [2.45, 2.75) is 6.18 Å². The molecule has 0 bridgehead atoms. The topological polar surface area (TPSA) is 57.0 Å². The van der Waals surface area contributed by atoms with E-state index in [1.165, 1.54) is 40.3 Å². The van der Waals surface area contributed by atoms with E-state index in [1.54, 1.807) is 35.8 Å². The van der Waals surface area contributed by atoms with Gasteiger partial charge in [0.1, 0.15) is 5.52 Å². The Labute approximate surface area is 217 Å². The molecule has 176 valence electrons. The fraction of sp³-hybridized carbons (Fsp3) is 0.0417. The first-order chi connectivity index (χ1) is 16.7. The molecule has 0 amide bonds. The van der Waals surface area contributed by atoms with Gasteiger partial charge in [-0.1, -0.05) is 28.1 Å². The molecule has 0 saturated heterocycles. The minimum absolute atomic E-state index is 0.216. The van der Waals surface area contributed by atoms with E-state index in [9.17, 15) is 18.0 Å². The van der Waals surface area contributed by atoms with Crippen LogP contribution < -0.4 is 4.74 Å². The van der Waals surface area contributed by atoms with Gasteiger partial charge in [0.25, 0.3) is 0 Å². The number of ether oxygens (including phenoxy) is 1. The van der Waals surface area contributed by atoms with Gasteiger partial charge < -0.3 is 4.74 Å². The van der Waals surface area contributed by atoms with Gasteiger partial charge in [0.15, 0.2) is 11.4 Å². The lowest BCUT2D eigenvalue weighted by Crippen LogP contribution is -2.10. The number of halogens is 5. The number of hydrogen-bond acceptors (Lipinski definition) is 5. The minimum atomic E-state index is -4.59. The largest absolute Gasteiger partial charge is 0.435 e. The molecule has 2 aromatic carbocycles. The zero-order chi connectivity index (χ0) is 24.7. The Hall–Kier alpha value is -3.02. The summed E-state index contributed by atoms with van der Waals surface area (Å²) in [5.41, 5.74) is 0.393. The molecule has 5 rings (SSSR count). The van der Waals surface area contributed by atoms with E-state index in [-0.39, 0.29) is 11.3 Å². The molecule has 0 radical (unpaired) electrons. The molecule has 5 aromatic rings. The van der Waals surface area contributed by atoms with Crippen molar-refractivity contribution in [3.63, 3.8) is 0 Å². The molecule has 5 nitrogen and oxygen atoms in total. The number of esters is 1. The van der Waals surface area contributed by atoms with Gasteiger partial charge in [0, 0.05) is 16.1 Å². The summed E-state index contributed by atoms with van der Waals surface area (Å²) >= 11 is 8.18. The number of fused-ring (bicyclic) bond motifs is 1. The molecular weight excluding hydrogens is 611 g/mol. The number of pyridine rings is 1. The van der Waals surface area contributed by atoms with E-state index in [1.807, 2.05) is 6.07 Å². The smallest absolute Gasteiger partial charge is 0.419 e. The minimum Gasteiger partial charge on any atom is -0.419 e. The van der Waals surface area contributed by atoms with Gasteiger partial charge in [-0.05, 0) is 69.8 Å². The van der Waals surface area contributed by atoms with Crippen molar-refractivity contribution in [2.24, 2.45) is 0 Å². The molecule has 0 N–H and O–H groups in total. The van der Waals surface area contributed by atoms with Crippen LogP contribution >= 0.6 is 43.2 Å². The summed E-state index contributed by atoms with van der Waals surface area (Å²) < 4.78 is 48.2. The third-order valence-electron chi connectivity index (χ3n) is 5.07. The summed E-state index contributed by atoms with van der Waals surface area (Å²) in [6.45, 7) is 0. The Morgan fingerprint density at radius 2 is 1.77 bits per heavy atom. The summed E-state index contributed by atoms with van der Waals surface area (Å²) in [6.07, 6.45) is -2.99. The summed E-state index contributed by atoms with van der Waals surface area (Å²) in [6, 6.07) is 15.9. The van der Waals surface area contributed by atoms with Crippen LogP contribution in [-0.4, -0.2) is 20.7 Å². The zero-order valence-corrected chi connectivity index (χ0v) is 21.4. The standard InChI is InChI=1S/C24H12Br2F3N3O2S/c25-16-11-17(26)22(21-15(16)3-1-9-30-21)34-23(33)13-5-7-14(8-6-13)32-18(19-4-2-10-35-19)12-20(31-32)24(27,28)29/h1-12H. The Bertz CT molecular complexity index is 1550. The Morgan fingerprint density at radius 3 is 2.46 bits per heavy atom. The van der Waals surface area contributed by atoms with Crippen molar-refractivity contribution < 1.29 is 22.7 Å². The predicted octanol–water partition coefficient (Wildman–Crippen LogP) is 7.91. The first-order valence-electron chi connectivity index (χ1n) is 9.99. The van der Waals surface area contributed by atoms with Crippen molar-refractivity contribution in [3.8, 4) is 22.0 Å². The third kappa shape index (κ3) is 4.63. The zero-order valence-electron chi connectivity index (χ0n) is 17.4. The number of alkyl halides is 3. The fourth-order valence-corrected chi connectivity index (χ4v) is 5.53. The summed E-state index contributed by atoms with van der Waals surface area (Å²) in [4.78, 5) is 17.8. The highest BCUT2D eigenvalue weighted by atomic mass is 79.9. The van der Waals surface area contributed by atoms with Gasteiger partial charge in [0.05, 0.1) is 26.3 Å².